The van der Waals surface area contributed by atoms with E-state index in [1.807, 2.05) is 50.2 Å². The Morgan fingerprint density at radius 3 is 1.43 bits per heavy atom. The molecule has 0 aromatic heterocycles. The van der Waals surface area contributed by atoms with Crippen LogP contribution < -0.4 is 10.6 Å². The third-order valence-corrected chi connectivity index (χ3v) is 4.82. The molecule has 0 saturated heterocycles. The molecular weight excluding hydrogens is 395 g/mol. The number of carbonyl (C=O) groups is 2. The van der Waals surface area contributed by atoms with Gasteiger partial charge in [0.1, 0.15) is 0 Å². The van der Waals surface area contributed by atoms with Crippen molar-refractivity contribution in [2.45, 2.75) is 13.8 Å². The molecule has 0 saturated carbocycles. The molecule has 0 atom stereocenters. The summed E-state index contributed by atoms with van der Waals surface area (Å²) in [6, 6.07) is 17.6. The van der Waals surface area contributed by atoms with Crippen molar-refractivity contribution in [3.63, 3.8) is 0 Å². The zero-order chi connectivity index (χ0) is 20.3. The van der Waals surface area contributed by atoms with E-state index in [-0.39, 0.29) is 21.2 Å². The lowest BCUT2D eigenvalue weighted by Crippen LogP contribution is -2.20. The Morgan fingerprint density at radius 1 is 0.679 bits per heavy atom. The molecule has 28 heavy (non-hydrogen) atoms. The molecule has 3 aromatic carbocycles. The molecule has 2 N–H and O–H groups in total. The molecule has 6 heteroatoms. The predicted octanol–water partition coefficient (Wildman–Crippen LogP) is 6.11. The summed E-state index contributed by atoms with van der Waals surface area (Å²) >= 11 is 12.2. The van der Waals surface area contributed by atoms with E-state index < -0.39 is 11.8 Å². The molecule has 142 valence electrons. The first kappa shape index (κ1) is 19.9. The van der Waals surface area contributed by atoms with Crippen LogP contribution in [-0.4, -0.2) is 11.8 Å². The predicted molar refractivity (Wildman–Crippen MR) is 115 cm³/mol. The molecule has 0 aliphatic rings. The Labute approximate surface area is 173 Å². The van der Waals surface area contributed by atoms with Gasteiger partial charge in [0.2, 0.25) is 0 Å². The first-order valence-electron chi connectivity index (χ1n) is 8.58. The van der Waals surface area contributed by atoms with Crippen molar-refractivity contribution in [1.82, 2.24) is 0 Å². The van der Waals surface area contributed by atoms with Crippen molar-refractivity contribution in [2.24, 2.45) is 0 Å². The quantitative estimate of drug-likeness (QED) is 0.542. The number of amides is 2. The van der Waals surface area contributed by atoms with Gasteiger partial charge < -0.3 is 10.6 Å². The molecule has 0 fully saturated rings. The van der Waals surface area contributed by atoms with Gasteiger partial charge >= 0.3 is 0 Å². The lowest BCUT2D eigenvalue weighted by molar-refractivity contribution is 0.0990. The number of carbonyl (C=O) groups excluding carboxylic acids is 2. The third kappa shape index (κ3) is 4.71. The Bertz CT molecular complexity index is 980. The number of nitrogens with one attached hydrogen (secondary N) is 2. The van der Waals surface area contributed by atoms with E-state index >= 15 is 0 Å². The average molecular weight is 413 g/mol. The molecule has 0 unspecified atom stereocenters. The molecular formula is C22H18Cl2N2O2. The Morgan fingerprint density at radius 2 is 1.07 bits per heavy atom. The highest BCUT2D eigenvalue weighted by Crippen LogP contribution is 2.27. The number of aryl methyl sites for hydroxylation is 2. The van der Waals surface area contributed by atoms with Gasteiger partial charge in [0.15, 0.2) is 0 Å². The molecule has 0 spiro atoms. The van der Waals surface area contributed by atoms with Crippen LogP contribution in [-0.2, 0) is 0 Å². The number of benzene rings is 3. The minimum atomic E-state index is -0.446. The van der Waals surface area contributed by atoms with Crippen molar-refractivity contribution in [3.05, 3.63) is 93.0 Å². The number of hydrogen-bond acceptors (Lipinski definition) is 2. The van der Waals surface area contributed by atoms with Crippen LogP contribution >= 0.6 is 23.2 Å². The molecule has 0 heterocycles. The summed E-state index contributed by atoms with van der Waals surface area (Å²) < 4.78 is 0. The van der Waals surface area contributed by atoms with Crippen molar-refractivity contribution in [2.75, 3.05) is 10.6 Å². The number of halogens is 2. The fourth-order valence-corrected chi connectivity index (χ4v) is 3.09. The van der Waals surface area contributed by atoms with Gasteiger partial charge in [-0.1, -0.05) is 47.5 Å². The second kappa shape index (κ2) is 8.46. The van der Waals surface area contributed by atoms with Gasteiger partial charge in [0.25, 0.3) is 11.8 Å². The molecule has 0 aliphatic carbocycles. The van der Waals surface area contributed by atoms with Crippen molar-refractivity contribution in [1.29, 1.82) is 0 Å². The van der Waals surface area contributed by atoms with Crippen LogP contribution in [0.25, 0.3) is 0 Å². The standard InChI is InChI=1S/C22H18Cl2N2O2/c1-13-5-3-7-15(9-13)25-21(27)17-11-19(23)20(24)12-18(17)22(28)26-16-8-4-6-14(2)10-16/h3-12H,1-2H3,(H,25,27)(H,26,28). The summed E-state index contributed by atoms with van der Waals surface area (Å²) in [4.78, 5) is 25.7. The Hall–Kier alpha value is -2.82. The maximum Gasteiger partial charge on any atom is 0.256 e. The lowest BCUT2D eigenvalue weighted by Gasteiger charge is -2.13. The molecule has 0 radical (unpaired) electrons. The second-order valence-corrected chi connectivity index (χ2v) is 7.27. The molecule has 0 aliphatic heterocycles. The smallest absolute Gasteiger partial charge is 0.256 e. The monoisotopic (exact) mass is 412 g/mol. The highest BCUT2D eigenvalue weighted by atomic mass is 35.5. The summed E-state index contributed by atoms with van der Waals surface area (Å²) in [6.45, 7) is 3.85. The van der Waals surface area contributed by atoms with E-state index in [0.717, 1.165) is 11.1 Å². The maximum atomic E-state index is 12.8. The SMILES string of the molecule is Cc1cccc(NC(=O)c2cc(Cl)c(Cl)cc2C(=O)Nc2cccc(C)c2)c1. The van der Waals surface area contributed by atoms with E-state index in [1.54, 1.807) is 12.1 Å². The van der Waals surface area contributed by atoms with Gasteiger partial charge in [-0.2, -0.15) is 0 Å². The van der Waals surface area contributed by atoms with E-state index in [1.165, 1.54) is 12.1 Å². The fraction of sp³-hybridized carbons (Fsp3) is 0.0909. The van der Waals surface area contributed by atoms with Crippen molar-refractivity contribution < 1.29 is 9.59 Å². The average Bonchev–Trinajstić information content (AvgIpc) is 2.63. The normalized spacial score (nSPS) is 10.4. The largest absolute Gasteiger partial charge is 0.322 e. The molecule has 0 bridgehead atoms. The van der Waals surface area contributed by atoms with Gasteiger partial charge in [0, 0.05) is 11.4 Å². The summed E-state index contributed by atoms with van der Waals surface area (Å²) in [6.07, 6.45) is 0. The molecule has 4 nitrogen and oxygen atoms in total. The minimum Gasteiger partial charge on any atom is -0.322 e. The van der Waals surface area contributed by atoms with Crippen molar-refractivity contribution in [3.8, 4) is 0 Å². The third-order valence-electron chi connectivity index (χ3n) is 4.10. The Kier molecular flexibility index (Phi) is 6.02. The first-order valence-corrected chi connectivity index (χ1v) is 9.34. The lowest BCUT2D eigenvalue weighted by atomic mass is 10.1. The number of rotatable bonds is 4. The number of anilines is 2. The van der Waals surface area contributed by atoms with Crippen LogP contribution in [0.1, 0.15) is 31.8 Å². The van der Waals surface area contributed by atoms with Gasteiger partial charge in [-0.15, -0.1) is 0 Å². The summed E-state index contributed by atoms with van der Waals surface area (Å²) in [5, 5.41) is 5.98. The van der Waals surface area contributed by atoms with Crippen LogP contribution in [0.2, 0.25) is 10.0 Å². The van der Waals surface area contributed by atoms with Crippen LogP contribution in [0, 0.1) is 13.8 Å². The summed E-state index contributed by atoms with van der Waals surface area (Å²) in [5.41, 5.74) is 3.54. The van der Waals surface area contributed by atoms with Crippen molar-refractivity contribution >= 4 is 46.4 Å². The highest BCUT2D eigenvalue weighted by molar-refractivity contribution is 6.42. The van der Waals surface area contributed by atoms with E-state index in [2.05, 4.69) is 10.6 Å². The summed E-state index contributed by atoms with van der Waals surface area (Å²) in [7, 11) is 0. The Balaban J connectivity index is 1.93. The van der Waals surface area contributed by atoms with E-state index in [9.17, 15) is 9.59 Å². The van der Waals surface area contributed by atoms with Gasteiger partial charge in [-0.25, -0.2) is 0 Å². The van der Waals surface area contributed by atoms with Gasteiger partial charge in [-0.3, -0.25) is 9.59 Å². The summed E-state index contributed by atoms with van der Waals surface area (Å²) in [5.74, 6) is -0.892. The molecule has 3 rings (SSSR count). The maximum absolute atomic E-state index is 12.8. The fourth-order valence-electron chi connectivity index (χ4n) is 2.77. The van der Waals surface area contributed by atoms with Crippen LogP contribution in [0.3, 0.4) is 0 Å². The molecule has 3 aromatic rings. The van der Waals surface area contributed by atoms with E-state index in [0.29, 0.717) is 11.4 Å². The zero-order valence-electron chi connectivity index (χ0n) is 15.3. The van der Waals surface area contributed by atoms with Crippen LogP contribution in [0.4, 0.5) is 11.4 Å². The van der Waals surface area contributed by atoms with Crippen LogP contribution in [0.5, 0.6) is 0 Å². The van der Waals surface area contributed by atoms with E-state index in [4.69, 9.17) is 23.2 Å². The van der Waals surface area contributed by atoms with Gasteiger partial charge in [0.05, 0.1) is 21.2 Å². The minimum absolute atomic E-state index is 0.140. The molecule has 2 amide bonds. The topological polar surface area (TPSA) is 58.2 Å². The first-order chi connectivity index (χ1) is 13.3. The van der Waals surface area contributed by atoms with Gasteiger partial charge in [-0.05, 0) is 61.4 Å². The van der Waals surface area contributed by atoms with Crippen LogP contribution in [0.15, 0.2) is 60.7 Å². The second-order valence-electron chi connectivity index (χ2n) is 6.46. The highest BCUT2D eigenvalue weighted by Gasteiger charge is 2.20. The zero-order valence-corrected chi connectivity index (χ0v) is 16.9. The number of hydrogen-bond donors (Lipinski definition) is 2.